The lowest BCUT2D eigenvalue weighted by molar-refractivity contribution is -0.137. The zero-order valence-corrected chi connectivity index (χ0v) is 20.1. The molecule has 1 saturated heterocycles. The van der Waals surface area contributed by atoms with Crippen LogP contribution in [0.2, 0.25) is 36.3 Å². The molecular weight excluding hydrogens is 348 g/mol. The Morgan fingerprint density at radius 2 is 1.48 bits per heavy atom. The number of aldehydes is 1. The van der Waals surface area contributed by atoms with Gasteiger partial charge in [0.05, 0.1) is 18.8 Å². The maximum Gasteiger partial charge on any atom is 0.192 e. The second-order valence-corrected chi connectivity index (χ2v) is 20.0. The summed E-state index contributed by atoms with van der Waals surface area (Å²) in [5.74, 6) is 0. The summed E-state index contributed by atoms with van der Waals surface area (Å²) in [5, 5.41) is 0.331. The second-order valence-electron chi connectivity index (χ2n) is 10.5. The lowest BCUT2D eigenvalue weighted by atomic mass is 10.0. The van der Waals surface area contributed by atoms with Gasteiger partial charge in [0.2, 0.25) is 0 Å². The molecule has 0 aliphatic carbocycles. The number of hydrogen-bond acceptors (Lipinski definition) is 4. The topological polar surface area (TPSA) is 44.8 Å². The van der Waals surface area contributed by atoms with E-state index in [1.54, 1.807) is 0 Å². The van der Waals surface area contributed by atoms with Crippen molar-refractivity contribution in [2.45, 2.75) is 109 Å². The van der Waals surface area contributed by atoms with Crippen LogP contribution in [0.3, 0.4) is 0 Å². The van der Waals surface area contributed by atoms with Gasteiger partial charge >= 0.3 is 0 Å². The van der Waals surface area contributed by atoms with Crippen molar-refractivity contribution in [3.05, 3.63) is 0 Å². The minimum atomic E-state index is -1.86. The van der Waals surface area contributed by atoms with Crippen molar-refractivity contribution in [3.63, 3.8) is 0 Å². The van der Waals surface area contributed by atoms with Crippen LogP contribution in [-0.4, -0.2) is 47.8 Å². The van der Waals surface area contributed by atoms with Gasteiger partial charge in [0.15, 0.2) is 16.6 Å². The molecule has 0 aromatic rings. The van der Waals surface area contributed by atoms with Crippen LogP contribution < -0.4 is 0 Å². The number of rotatable bonds is 6. The van der Waals surface area contributed by atoms with Gasteiger partial charge in [-0.25, -0.2) is 0 Å². The van der Waals surface area contributed by atoms with Crippen LogP contribution in [0.1, 0.15) is 54.4 Å². The summed E-state index contributed by atoms with van der Waals surface area (Å²) >= 11 is 0. The first-order valence-corrected chi connectivity index (χ1v) is 15.3. The van der Waals surface area contributed by atoms with Gasteiger partial charge in [0.1, 0.15) is 12.4 Å². The maximum absolute atomic E-state index is 11.4. The van der Waals surface area contributed by atoms with Gasteiger partial charge in [-0.1, -0.05) is 41.5 Å². The minimum absolute atomic E-state index is 0.0622. The summed E-state index contributed by atoms with van der Waals surface area (Å²) in [5.41, 5.74) is 0. The third-order valence-corrected chi connectivity index (χ3v) is 15.3. The van der Waals surface area contributed by atoms with E-state index in [-0.39, 0.29) is 28.4 Å². The lowest BCUT2D eigenvalue weighted by Gasteiger charge is -2.43. The Kier molecular flexibility index (Phi) is 7.30. The average molecular weight is 389 g/mol. The van der Waals surface area contributed by atoms with E-state index in [9.17, 15) is 4.79 Å². The first-order valence-electron chi connectivity index (χ1n) is 9.51. The molecule has 1 rings (SSSR count). The Hall–Kier alpha value is -0.0162. The average Bonchev–Trinajstić information content (AvgIpc) is 2.42. The molecule has 0 aromatic heterocycles. The van der Waals surface area contributed by atoms with Crippen LogP contribution >= 0.6 is 0 Å². The highest BCUT2D eigenvalue weighted by atomic mass is 28.4. The molecule has 1 aliphatic heterocycles. The summed E-state index contributed by atoms with van der Waals surface area (Å²) in [4.78, 5) is 11.4. The first kappa shape index (κ1) is 23.0. The van der Waals surface area contributed by atoms with E-state index in [2.05, 4.69) is 67.7 Å². The summed E-state index contributed by atoms with van der Waals surface area (Å²) in [6, 6.07) is 0. The maximum atomic E-state index is 11.4. The minimum Gasteiger partial charge on any atom is -0.414 e. The highest BCUT2D eigenvalue weighted by molar-refractivity contribution is 6.74. The molecule has 0 saturated carbocycles. The Balaban J connectivity index is 2.75. The van der Waals surface area contributed by atoms with Gasteiger partial charge < -0.3 is 18.4 Å². The van der Waals surface area contributed by atoms with Gasteiger partial charge in [-0.2, -0.15) is 0 Å². The van der Waals surface area contributed by atoms with E-state index in [1.165, 1.54) is 0 Å². The summed E-state index contributed by atoms with van der Waals surface area (Å²) in [7, 11) is -3.68. The Labute approximate surface area is 157 Å². The van der Waals surface area contributed by atoms with E-state index >= 15 is 0 Å². The third-order valence-electron chi connectivity index (χ3n) is 6.24. The first-order chi connectivity index (χ1) is 11.1. The molecule has 148 valence electrons. The molecular formula is C19H40O4Si2. The molecule has 1 fully saturated rings. The molecule has 1 heterocycles. The molecule has 4 nitrogen and oxygen atoms in total. The van der Waals surface area contributed by atoms with Crippen molar-refractivity contribution in [2.24, 2.45) is 0 Å². The lowest BCUT2D eigenvalue weighted by Crippen LogP contribution is -2.50. The molecule has 0 radical (unpaired) electrons. The van der Waals surface area contributed by atoms with E-state index in [0.717, 1.165) is 12.7 Å². The van der Waals surface area contributed by atoms with Crippen LogP contribution in [0.25, 0.3) is 0 Å². The standard InChI is InChI=1S/C19H40O4Si2/c1-18(2,3)24(7,8)21-14-17-12-15(11-16(13-20)22-17)23-25(9,10)19(4,5)6/h13,15-17H,11-12,14H2,1-10H3/t15-,16-,17+/m1/s1. The zero-order chi connectivity index (χ0) is 19.7. The predicted octanol–water partition coefficient (Wildman–Crippen LogP) is 5.15. The molecule has 3 atom stereocenters. The fraction of sp³-hybridized carbons (Fsp3) is 0.947. The van der Waals surface area contributed by atoms with Crippen LogP contribution in [0, 0.1) is 0 Å². The molecule has 1 aliphatic rings. The fourth-order valence-corrected chi connectivity index (χ4v) is 4.82. The molecule has 25 heavy (non-hydrogen) atoms. The molecule has 0 unspecified atom stereocenters. The third kappa shape index (κ3) is 6.27. The van der Waals surface area contributed by atoms with E-state index in [0.29, 0.717) is 13.0 Å². The largest absolute Gasteiger partial charge is 0.414 e. The van der Waals surface area contributed by atoms with Gasteiger partial charge in [-0.3, -0.25) is 0 Å². The number of carbonyl (C=O) groups excluding carboxylic acids is 1. The number of hydrogen-bond donors (Lipinski definition) is 0. The number of ether oxygens (including phenoxy) is 1. The van der Waals surface area contributed by atoms with Gasteiger partial charge in [0, 0.05) is 12.8 Å². The molecule has 0 N–H and O–H groups in total. The van der Waals surface area contributed by atoms with Crippen LogP contribution in [0.15, 0.2) is 0 Å². The van der Waals surface area contributed by atoms with Crippen LogP contribution in [-0.2, 0) is 18.4 Å². The monoisotopic (exact) mass is 388 g/mol. The fourth-order valence-electron chi connectivity index (χ4n) is 2.41. The number of carbonyl (C=O) groups is 1. The molecule has 0 bridgehead atoms. The summed E-state index contributed by atoms with van der Waals surface area (Å²) < 4.78 is 18.8. The SMILES string of the molecule is CC(C)(C)[Si](C)(C)OC[C@@H]1C[C@H](O[Si](C)(C)C(C)(C)C)C[C@H](C=O)O1. The van der Waals surface area contributed by atoms with Crippen molar-refractivity contribution >= 4 is 22.9 Å². The zero-order valence-electron chi connectivity index (χ0n) is 18.1. The highest BCUT2D eigenvalue weighted by Gasteiger charge is 2.42. The van der Waals surface area contributed by atoms with Crippen LogP contribution in [0.4, 0.5) is 0 Å². The Morgan fingerprint density at radius 1 is 0.960 bits per heavy atom. The summed E-state index contributed by atoms with van der Waals surface area (Å²) in [6.07, 6.45) is 2.03. The predicted molar refractivity (Wildman–Crippen MR) is 109 cm³/mol. The highest BCUT2D eigenvalue weighted by Crippen LogP contribution is 2.40. The second kappa shape index (κ2) is 7.92. The van der Waals surface area contributed by atoms with E-state index in [4.69, 9.17) is 13.6 Å². The smallest absolute Gasteiger partial charge is 0.192 e. The van der Waals surface area contributed by atoms with Crippen molar-refractivity contribution in [3.8, 4) is 0 Å². The van der Waals surface area contributed by atoms with E-state index in [1.807, 2.05) is 0 Å². The Morgan fingerprint density at radius 3 is 1.92 bits per heavy atom. The molecule has 0 amide bonds. The van der Waals surface area contributed by atoms with Crippen LogP contribution in [0.5, 0.6) is 0 Å². The quantitative estimate of drug-likeness (QED) is 0.466. The van der Waals surface area contributed by atoms with Gasteiger partial charge in [0.25, 0.3) is 0 Å². The molecule has 6 heteroatoms. The summed E-state index contributed by atoms with van der Waals surface area (Å²) in [6.45, 7) is 23.0. The van der Waals surface area contributed by atoms with Gasteiger partial charge in [-0.15, -0.1) is 0 Å². The molecule has 0 aromatic carbocycles. The Bertz CT molecular complexity index is 449. The molecule has 0 spiro atoms. The van der Waals surface area contributed by atoms with Crippen molar-refractivity contribution in [1.82, 2.24) is 0 Å². The van der Waals surface area contributed by atoms with Crippen molar-refractivity contribution in [2.75, 3.05) is 6.61 Å². The van der Waals surface area contributed by atoms with E-state index < -0.39 is 16.6 Å². The van der Waals surface area contributed by atoms with Crippen molar-refractivity contribution < 1.29 is 18.4 Å². The van der Waals surface area contributed by atoms with Crippen molar-refractivity contribution in [1.29, 1.82) is 0 Å². The normalized spacial score (nSPS) is 26.6. The van der Waals surface area contributed by atoms with Gasteiger partial charge in [-0.05, 0) is 36.3 Å².